The Kier molecular flexibility index (Phi) is 7.52. The summed E-state index contributed by atoms with van der Waals surface area (Å²) in [5.41, 5.74) is 0.0978. The summed E-state index contributed by atoms with van der Waals surface area (Å²) >= 11 is 0. The molecule has 0 spiro atoms. The van der Waals surface area contributed by atoms with Crippen LogP contribution in [0.3, 0.4) is 0 Å². The predicted molar refractivity (Wildman–Crippen MR) is 90.5 cm³/mol. The van der Waals surface area contributed by atoms with Crippen molar-refractivity contribution in [3.63, 3.8) is 0 Å². The first kappa shape index (κ1) is 18.9. The van der Waals surface area contributed by atoms with Crippen molar-refractivity contribution in [3.05, 3.63) is 48.0 Å². The molecule has 4 nitrogen and oxygen atoms in total. The second kappa shape index (κ2) is 9.13. The third-order valence-electron chi connectivity index (χ3n) is 4.27. The fraction of sp³-hybridized carbons (Fsp3) is 0.474. The van der Waals surface area contributed by atoms with Crippen molar-refractivity contribution in [2.45, 2.75) is 51.9 Å². The fourth-order valence-corrected chi connectivity index (χ4v) is 2.65. The summed E-state index contributed by atoms with van der Waals surface area (Å²) < 4.78 is 0. The predicted octanol–water partition coefficient (Wildman–Crippen LogP) is 4.47. The first-order valence-corrected chi connectivity index (χ1v) is 8.04. The van der Waals surface area contributed by atoms with Gasteiger partial charge in [0.05, 0.1) is 11.8 Å². The monoisotopic (exact) mass is 318 g/mol. The van der Waals surface area contributed by atoms with Gasteiger partial charge in [0.15, 0.2) is 0 Å². The molecule has 0 aliphatic rings. The standard InChI is InChI=1S/C19H26O4/c1-3-15(16-11-6-4-7-12-16)10-8-5-9-13-19(2,18(22)23)14-17(20)21/h4-8,11-12,15H,3,9-10,13-14H2,1-2H3,(H,20,21)(H,22,23). The van der Waals surface area contributed by atoms with Crippen molar-refractivity contribution in [1.82, 2.24) is 0 Å². The first-order chi connectivity index (χ1) is 10.9. The van der Waals surface area contributed by atoms with Crippen LogP contribution in [0.1, 0.15) is 57.4 Å². The molecule has 0 aromatic heterocycles. The van der Waals surface area contributed by atoms with E-state index in [1.54, 1.807) is 0 Å². The Hall–Kier alpha value is -2.10. The lowest BCUT2D eigenvalue weighted by molar-refractivity contribution is -0.155. The number of aliphatic carboxylic acids is 2. The van der Waals surface area contributed by atoms with Crippen LogP contribution in [0.2, 0.25) is 0 Å². The van der Waals surface area contributed by atoms with Crippen LogP contribution < -0.4 is 0 Å². The topological polar surface area (TPSA) is 74.6 Å². The van der Waals surface area contributed by atoms with E-state index >= 15 is 0 Å². The Bertz CT molecular complexity index is 536. The molecule has 23 heavy (non-hydrogen) atoms. The Morgan fingerprint density at radius 3 is 2.35 bits per heavy atom. The quantitative estimate of drug-likeness (QED) is 0.624. The third-order valence-corrected chi connectivity index (χ3v) is 4.27. The molecular weight excluding hydrogens is 292 g/mol. The zero-order valence-electron chi connectivity index (χ0n) is 13.9. The number of carboxylic acids is 2. The van der Waals surface area contributed by atoms with Crippen molar-refractivity contribution >= 4 is 11.9 Å². The molecule has 1 aromatic rings. The number of hydrogen-bond donors (Lipinski definition) is 2. The van der Waals surface area contributed by atoms with Gasteiger partial charge in [-0.2, -0.15) is 0 Å². The number of benzene rings is 1. The van der Waals surface area contributed by atoms with Crippen LogP contribution in [-0.4, -0.2) is 22.2 Å². The van der Waals surface area contributed by atoms with Gasteiger partial charge in [-0.1, -0.05) is 49.4 Å². The molecular formula is C19H26O4. The molecule has 126 valence electrons. The highest BCUT2D eigenvalue weighted by molar-refractivity contribution is 5.81. The van der Waals surface area contributed by atoms with Gasteiger partial charge >= 0.3 is 11.9 Å². The smallest absolute Gasteiger partial charge is 0.309 e. The second-order valence-corrected chi connectivity index (χ2v) is 6.20. The summed E-state index contributed by atoms with van der Waals surface area (Å²) in [5.74, 6) is -1.67. The molecule has 2 atom stereocenters. The summed E-state index contributed by atoms with van der Waals surface area (Å²) in [7, 11) is 0. The van der Waals surface area contributed by atoms with Gasteiger partial charge in [-0.05, 0) is 44.1 Å². The Balaban J connectivity index is 2.52. The van der Waals surface area contributed by atoms with E-state index in [1.807, 2.05) is 24.3 Å². The summed E-state index contributed by atoms with van der Waals surface area (Å²) in [6, 6.07) is 10.3. The SMILES string of the molecule is CCC(CC=CCCC(C)(CC(=O)O)C(=O)O)c1ccccc1. The zero-order chi connectivity index (χ0) is 17.3. The molecule has 0 aliphatic heterocycles. The minimum atomic E-state index is -1.21. The van der Waals surface area contributed by atoms with Crippen molar-refractivity contribution in [1.29, 1.82) is 0 Å². The molecule has 4 heteroatoms. The average molecular weight is 318 g/mol. The van der Waals surface area contributed by atoms with E-state index in [9.17, 15) is 14.7 Å². The molecule has 0 aliphatic carbocycles. The average Bonchev–Trinajstić information content (AvgIpc) is 2.51. The molecule has 1 rings (SSSR count). The maximum Gasteiger partial charge on any atom is 0.309 e. The van der Waals surface area contributed by atoms with Crippen molar-refractivity contribution in [2.75, 3.05) is 0 Å². The van der Waals surface area contributed by atoms with Gasteiger partial charge in [0.2, 0.25) is 0 Å². The summed E-state index contributed by atoms with van der Waals surface area (Å²) in [4.78, 5) is 22.1. The molecule has 0 saturated carbocycles. The maximum absolute atomic E-state index is 11.3. The summed E-state index contributed by atoms with van der Waals surface area (Å²) in [5, 5.41) is 18.1. The molecule has 2 N–H and O–H groups in total. The lowest BCUT2D eigenvalue weighted by Crippen LogP contribution is -2.30. The van der Waals surface area contributed by atoms with E-state index in [2.05, 4.69) is 25.1 Å². The third kappa shape index (κ3) is 6.27. The van der Waals surface area contributed by atoms with E-state index in [0.717, 1.165) is 12.8 Å². The Morgan fingerprint density at radius 1 is 1.17 bits per heavy atom. The van der Waals surface area contributed by atoms with Crippen LogP contribution in [0.4, 0.5) is 0 Å². The second-order valence-electron chi connectivity index (χ2n) is 6.20. The van der Waals surface area contributed by atoms with E-state index in [-0.39, 0.29) is 6.42 Å². The lowest BCUT2D eigenvalue weighted by atomic mass is 9.82. The molecule has 2 unspecified atom stereocenters. The Morgan fingerprint density at radius 2 is 1.83 bits per heavy atom. The van der Waals surface area contributed by atoms with E-state index in [0.29, 0.717) is 18.8 Å². The molecule has 0 fully saturated rings. The van der Waals surface area contributed by atoms with E-state index < -0.39 is 17.4 Å². The normalized spacial score (nSPS) is 15.2. The molecule has 1 aromatic carbocycles. The van der Waals surface area contributed by atoms with Crippen LogP contribution >= 0.6 is 0 Å². The van der Waals surface area contributed by atoms with Gasteiger partial charge in [0.25, 0.3) is 0 Å². The van der Waals surface area contributed by atoms with Crippen LogP contribution in [0.25, 0.3) is 0 Å². The summed E-state index contributed by atoms with van der Waals surface area (Å²) in [6.07, 6.45) is 6.54. The minimum absolute atomic E-state index is 0.327. The highest BCUT2D eigenvalue weighted by atomic mass is 16.4. The van der Waals surface area contributed by atoms with Gasteiger partial charge in [-0.3, -0.25) is 9.59 Å². The molecule has 0 radical (unpaired) electrons. The van der Waals surface area contributed by atoms with Crippen LogP contribution in [0.5, 0.6) is 0 Å². The summed E-state index contributed by atoms with van der Waals surface area (Å²) in [6.45, 7) is 3.65. The van der Waals surface area contributed by atoms with Crippen molar-refractivity contribution < 1.29 is 19.8 Å². The van der Waals surface area contributed by atoms with Crippen LogP contribution in [-0.2, 0) is 9.59 Å². The van der Waals surface area contributed by atoms with Gasteiger partial charge in [0.1, 0.15) is 0 Å². The number of hydrogen-bond acceptors (Lipinski definition) is 2. The van der Waals surface area contributed by atoms with E-state index in [1.165, 1.54) is 12.5 Å². The number of carbonyl (C=O) groups is 2. The molecule has 0 heterocycles. The Labute approximate surface area is 137 Å². The highest BCUT2D eigenvalue weighted by Crippen LogP contribution is 2.29. The first-order valence-electron chi connectivity index (χ1n) is 8.04. The molecule has 0 saturated heterocycles. The fourth-order valence-electron chi connectivity index (χ4n) is 2.65. The van der Waals surface area contributed by atoms with Gasteiger partial charge in [0, 0.05) is 0 Å². The van der Waals surface area contributed by atoms with Gasteiger partial charge in [-0.15, -0.1) is 0 Å². The zero-order valence-corrected chi connectivity index (χ0v) is 13.9. The van der Waals surface area contributed by atoms with Crippen molar-refractivity contribution in [3.8, 4) is 0 Å². The highest BCUT2D eigenvalue weighted by Gasteiger charge is 2.34. The van der Waals surface area contributed by atoms with E-state index in [4.69, 9.17) is 5.11 Å². The van der Waals surface area contributed by atoms with Gasteiger partial charge < -0.3 is 10.2 Å². The van der Waals surface area contributed by atoms with Crippen LogP contribution in [0, 0.1) is 5.41 Å². The lowest BCUT2D eigenvalue weighted by Gasteiger charge is -2.21. The van der Waals surface area contributed by atoms with Crippen LogP contribution in [0.15, 0.2) is 42.5 Å². The van der Waals surface area contributed by atoms with Crippen molar-refractivity contribution in [2.24, 2.45) is 5.41 Å². The number of rotatable bonds is 10. The number of carboxylic acid groups (broad SMARTS) is 2. The molecule has 0 bridgehead atoms. The number of allylic oxidation sites excluding steroid dienone is 2. The largest absolute Gasteiger partial charge is 0.481 e. The van der Waals surface area contributed by atoms with Gasteiger partial charge in [-0.25, -0.2) is 0 Å². The maximum atomic E-state index is 11.3. The minimum Gasteiger partial charge on any atom is -0.481 e. The molecule has 0 amide bonds.